The second kappa shape index (κ2) is 5.51. The molecule has 0 spiro atoms. The van der Waals surface area contributed by atoms with Crippen molar-refractivity contribution in [1.29, 1.82) is 0 Å². The lowest BCUT2D eigenvalue weighted by molar-refractivity contribution is -0.125. The van der Waals surface area contributed by atoms with Crippen LogP contribution in [0.15, 0.2) is 29.2 Å². The van der Waals surface area contributed by atoms with Gasteiger partial charge < -0.3 is 11.1 Å². The van der Waals surface area contributed by atoms with E-state index in [1.165, 1.54) is 12.1 Å². The van der Waals surface area contributed by atoms with Gasteiger partial charge in [-0.3, -0.25) is 4.79 Å². The predicted molar refractivity (Wildman–Crippen MR) is 75.3 cm³/mol. The van der Waals surface area contributed by atoms with Crippen molar-refractivity contribution in [3.05, 3.63) is 29.8 Å². The van der Waals surface area contributed by atoms with Gasteiger partial charge in [0.05, 0.1) is 10.3 Å². The minimum atomic E-state index is -3.65. The van der Waals surface area contributed by atoms with E-state index in [1.807, 2.05) is 0 Å². The highest BCUT2D eigenvalue weighted by molar-refractivity contribution is 7.89. The van der Waals surface area contributed by atoms with Crippen molar-refractivity contribution in [3.63, 3.8) is 0 Å². The van der Waals surface area contributed by atoms with Crippen LogP contribution in [0.25, 0.3) is 0 Å². The second-order valence-electron chi connectivity index (χ2n) is 5.18. The number of carbonyl (C=O) groups excluding carboxylic acids is 1. The van der Waals surface area contributed by atoms with Crippen LogP contribution in [0.1, 0.15) is 18.4 Å². The number of carbonyl (C=O) groups is 1. The quantitative estimate of drug-likeness (QED) is 0.670. The molecule has 0 atom stereocenters. The Morgan fingerprint density at radius 3 is 2.30 bits per heavy atom. The third-order valence-electron chi connectivity index (χ3n) is 3.68. The maximum absolute atomic E-state index is 11.8. The van der Waals surface area contributed by atoms with Crippen LogP contribution in [0.2, 0.25) is 0 Å². The molecule has 7 heteroatoms. The fraction of sp³-hybridized carbons (Fsp3) is 0.462. The Bertz CT molecular complexity index is 592. The van der Waals surface area contributed by atoms with Gasteiger partial charge in [0.2, 0.25) is 15.9 Å². The standard InChI is InChI=1S/C13H19N3O3S/c14-9-13(6-7-13)12(17)16-8-5-10-1-3-11(4-2-10)20(15,18)19/h1-4H,5-9,14H2,(H,16,17)(H2,15,18,19). The number of hydrogen-bond donors (Lipinski definition) is 3. The summed E-state index contributed by atoms with van der Waals surface area (Å²) >= 11 is 0. The second-order valence-corrected chi connectivity index (χ2v) is 6.74. The molecule has 1 aromatic carbocycles. The predicted octanol–water partition coefficient (Wildman–Crippen LogP) is -0.268. The zero-order valence-electron chi connectivity index (χ0n) is 11.1. The SMILES string of the molecule is NCC1(C(=O)NCCc2ccc(S(N)(=O)=O)cc2)CC1. The van der Waals surface area contributed by atoms with Crippen molar-refractivity contribution in [2.24, 2.45) is 16.3 Å². The monoisotopic (exact) mass is 297 g/mol. The van der Waals surface area contributed by atoms with E-state index in [0.29, 0.717) is 19.5 Å². The molecular weight excluding hydrogens is 278 g/mol. The Labute approximate surface area is 118 Å². The summed E-state index contributed by atoms with van der Waals surface area (Å²) < 4.78 is 22.2. The molecule has 20 heavy (non-hydrogen) atoms. The number of nitrogens with one attached hydrogen (secondary N) is 1. The zero-order chi connectivity index (χ0) is 14.8. The van der Waals surface area contributed by atoms with Gasteiger partial charge in [0.15, 0.2) is 0 Å². The molecular formula is C13H19N3O3S. The average Bonchev–Trinajstić information content (AvgIpc) is 3.19. The first kappa shape index (κ1) is 15.0. The van der Waals surface area contributed by atoms with E-state index in [9.17, 15) is 13.2 Å². The Morgan fingerprint density at radius 2 is 1.85 bits per heavy atom. The van der Waals surface area contributed by atoms with Gasteiger partial charge >= 0.3 is 0 Å². The van der Waals surface area contributed by atoms with Crippen molar-refractivity contribution in [1.82, 2.24) is 5.32 Å². The van der Waals surface area contributed by atoms with Crippen LogP contribution >= 0.6 is 0 Å². The van der Waals surface area contributed by atoms with Gasteiger partial charge in [0.25, 0.3) is 0 Å². The molecule has 2 rings (SSSR count). The topological polar surface area (TPSA) is 115 Å². The molecule has 1 fully saturated rings. The van der Waals surface area contributed by atoms with Gasteiger partial charge in [-0.25, -0.2) is 13.6 Å². The summed E-state index contributed by atoms with van der Waals surface area (Å²) in [6.07, 6.45) is 2.36. The van der Waals surface area contributed by atoms with Crippen molar-refractivity contribution in [2.45, 2.75) is 24.2 Å². The van der Waals surface area contributed by atoms with E-state index in [-0.39, 0.29) is 16.2 Å². The molecule has 0 heterocycles. The maximum atomic E-state index is 11.8. The molecule has 1 aliphatic carbocycles. The smallest absolute Gasteiger partial charge is 0.238 e. The molecule has 0 aromatic heterocycles. The number of sulfonamides is 1. The Hall–Kier alpha value is -1.44. The van der Waals surface area contributed by atoms with Crippen LogP contribution in [-0.2, 0) is 21.2 Å². The summed E-state index contributed by atoms with van der Waals surface area (Å²) in [7, 11) is -3.65. The molecule has 110 valence electrons. The fourth-order valence-corrected chi connectivity index (χ4v) is 2.54. The largest absolute Gasteiger partial charge is 0.355 e. The summed E-state index contributed by atoms with van der Waals surface area (Å²) in [4.78, 5) is 11.9. The highest BCUT2D eigenvalue weighted by atomic mass is 32.2. The van der Waals surface area contributed by atoms with Gasteiger partial charge in [0.1, 0.15) is 0 Å². The van der Waals surface area contributed by atoms with Crippen LogP contribution in [0.3, 0.4) is 0 Å². The van der Waals surface area contributed by atoms with Crippen molar-refractivity contribution in [2.75, 3.05) is 13.1 Å². The zero-order valence-corrected chi connectivity index (χ0v) is 11.9. The number of amides is 1. The number of rotatable bonds is 6. The minimum Gasteiger partial charge on any atom is -0.355 e. The van der Waals surface area contributed by atoms with Crippen molar-refractivity contribution in [3.8, 4) is 0 Å². The first-order valence-corrected chi connectivity index (χ1v) is 8.02. The Morgan fingerprint density at radius 1 is 1.25 bits per heavy atom. The molecule has 1 amide bonds. The van der Waals surface area contributed by atoms with Crippen LogP contribution in [0.5, 0.6) is 0 Å². The minimum absolute atomic E-state index is 0.0150. The van der Waals surface area contributed by atoms with E-state index in [2.05, 4.69) is 5.32 Å². The van der Waals surface area contributed by atoms with E-state index in [0.717, 1.165) is 18.4 Å². The fourth-order valence-electron chi connectivity index (χ4n) is 2.03. The number of benzene rings is 1. The first-order valence-electron chi connectivity index (χ1n) is 6.47. The molecule has 0 bridgehead atoms. The van der Waals surface area contributed by atoms with Crippen molar-refractivity contribution >= 4 is 15.9 Å². The summed E-state index contributed by atoms with van der Waals surface area (Å²) in [6, 6.07) is 6.33. The molecule has 0 radical (unpaired) electrons. The molecule has 1 aromatic rings. The van der Waals surface area contributed by atoms with Crippen molar-refractivity contribution < 1.29 is 13.2 Å². The Balaban J connectivity index is 1.84. The molecule has 0 aliphatic heterocycles. The normalized spacial score (nSPS) is 16.7. The lowest BCUT2D eigenvalue weighted by Gasteiger charge is -2.12. The summed E-state index contributed by atoms with van der Waals surface area (Å²) in [5.74, 6) is 0.0150. The summed E-state index contributed by atoms with van der Waals surface area (Å²) in [5, 5.41) is 7.89. The molecule has 0 unspecified atom stereocenters. The van der Waals surface area contributed by atoms with E-state index in [4.69, 9.17) is 10.9 Å². The molecule has 1 saturated carbocycles. The lowest BCUT2D eigenvalue weighted by atomic mass is 10.1. The third-order valence-corrected chi connectivity index (χ3v) is 4.61. The van der Waals surface area contributed by atoms with E-state index >= 15 is 0 Å². The highest BCUT2D eigenvalue weighted by Crippen LogP contribution is 2.44. The van der Waals surface area contributed by atoms with Gasteiger partial charge in [0, 0.05) is 13.1 Å². The molecule has 6 nitrogen and oxygen atoms in total. The molecule has 5 N–H and O–H groups in total. The maximum Gasteiger partial charge on any atom is 0.238 e. The van der Waals surface area contributed by atoms with E-state index < -0.39 is 10.0 Å². The van der Waals surface area contributed by atoms with Crippen LogP contribution < -0.4 is 16.2 Å². The van der Waals surface area contributed by atoms with Gasteiger partial charge in [-0.1, -0.05) is 12.1 Å². The summed E-state index contributed by atoms with van der Waals surface area (Å²) in [6.45, 7) is 0.900. The van der Waals surface area contributed by atoms with Crippen LogP contribution in [0.4, 0.5) is 0 Å². The van der Waals surface area contributed by atoms with Crippen LogP contribution in [0, 0.1) is 5.41 Å². The summed E-state index contributed by atoms with van der Waals surface area (Å²) in [5.41, 5.74) is 6.18. The Kier molecular flexibility index (Phi) is 4.12. The lowest BCUT2D eigenvalue weighted by Crippen LogP contribution is -2.37. The molecule has 1 aliphatic rings. The first-order chi connectivity index (χ1) is 9.37. The van der Waals surface area contributed by atoms with E-state index in [1.54, 1.807) is 12.1 Å². The number of primary sulfonamides is 1. The average molecular weight is 297 g/mol. The third kappa shape index (κ3) is 3.36. The van der Waals surface area contributed by atoms with Crippen LogP contribution in [-0.4, -0.2) is 27.4 Å². The van der Waals surface area contributed by atoms with Gasteiger partial charge in [-0.05, 0) is 37.0 Å². The number of hydrogen-bond acceptors (Lipinski definition) is 4. The molecule has 0 saturated heterocycles. The highest BCUT2D eigenvalue weighted by Gasteiger charge is 2.48. The number of nitrogens with two attached hydrogens (primary N) is 2. The van der Waals surface area contributed by atoms with Gasteiger partial charge in [-0.2, -0.15) is 0 Å². The van der Waals surface area contributed by atoms with Gasteiger partial charge in [-0.15, -0.1) is 0 Å².